The van der Waals surface area contributed by atoms with Gasteiger partial charge < -0.3 is 10.2 Å². The normalized spacial score (nSPS) is 11.9. The number of rotatable bonds is 5. The maximum Gasteiger partial charge on any atom is 0.194 e. The number of nitrogens with one attached hydrogen (secondary N) is 1. The number of aryl methyl sites for hydroxylation is 1. The number of imidazole rings is 1. The second-order valence-electron chi connectivity index (χ2n) is 5.75. The van der Waals surface area contributed by atoms with Crippen molar-refractivity contribution in [1.29, 1.82) is 0 Å². The molecule has 0 spiro atoms. The molecule has 1 aromatic carbocycles. The zero-order valence-electron chi connectivity index (χ0n) is 14.4. The molecule has 6 heteroatoms. The number of aliphatic imine (C=N–C) groups is 1. The SMILES string of the molecule is CCc1ccc(CN(C)C(=NC)NCc2cn3ccsc3n2)cc1. The summed E-state index contributed by atoms with van der Waals surface area (Å²) in [5, 5.41) is 5.42. The zero-order chi connectivity index (χ0) is 16.9. The molecular weight excluding hydrogens is 318 g/mol. The summed E-state index contributed by atoms with van der Waals surface area (Å²) in [4.78, 5) is 12.1. The van der Waals surface area contributed by atoms with E-state index in [9.17, 15) is 0 Å². The molecule has 0 aliphatic heterocycles. The predicted octanol–water partition coefficient (Wildman–Crippen LogP) is 3.17. The fourth-order valence-corrected chi connectivity index (χ4v) is 3.36. The first-order chi connectivity index (χ1) is 11.7. The number of hydrogen-bond acceptors (Lipinski definition) is 3. The maximum atomic E-state index is 4.59. The largest absolute Gasteiger partial charge is 0.351 e. The minimum Gasteiger partial charge on any atom is -0.351 e. The van der Waals surface area contributed by atoms with E-state index in [1.54, 1.807) is 11.3 Å². The van der Waals surface area contributed by atoms with Crippen LogP contribution in [0.2, 0.25) is 0 Å². The predicted molar refractivity (Wildman–Crippen MR) is 101 cm³/mol. The molecule has 0 saturated carbocycles. The van der Waals surface area contributed by atoms with Crippen molar-refractivity contribution >= 4 is 22.3 Å². The van der Waals surface area contributed by atoms with Gasteiger partial charge in [0.25, 0.3) is 0 Å². The van der Waals surface area contributed by atoms with E-state index in [1.165, 1.54) is 11.1 Å². The Balaban J connectivity index is 1.59. The Morgan fingerprint density at radius 1 is 1.29 bits per heavy atom. The maximum absolute atomic E-state index is 4.59. The highest BCUT2D eigenvalue weighted by molar-refractivity contribution is 7.15. The van der Waals surface area contributed by atoms with Crippen molar-refractivity contribution in [3.8, 4) is 0 Å². The van der Waals surface area contributed by atoms with Crippen molar-refractivity contribution in [2.45, 2.75) is 26.4 Å². The lowest BCUT2D eigenvalue weighted by atomic mass is 10.1. The number of benzene rings is 1. The minimum atomic E-state index is 0.667. The molecule has 0 radical (unpaired) electrons. The molecule has 0 saturated heterocycles. The van der Waals surface area contributed by atoms with Gasteiger partial charge in [-0.2, -0.15) is 0 Å². The molecule has 0 aliphatic carbocycles. The fraction of sp³-hybridized carbons (Fsp3) is 0.333. The average Bonchev–Trinajstić information content (AvgIpc) is 3.17. The van der Waals surface area contributed by atoms with Crippen molar-refractivity contribution < 1.29 is 0 Å². The van der Waals surface area contributed by atoms with Gasteiger partial charge in [0.05, 0.1) is 12.2 Å². The van der Waals surface area contributed by atoms with Crippen LogP contribution >= 0.6 is 11.3 Å². The van der Waals surface area contributed by atoms with E-state index < -0.39 is 0 Å². The van der Waals surface area contributed by atoms with E-state index in [0.717, 1.165) is 29.6 Å². The highest BCUT2D eigenvalue weighted by Gasteiger charge is 2.08. The number of guanidine groups is 1. The van der Waals surface area contributed by atoms with Gasteiger partial charge in [0.2, 0.25) is 0 Å². The molecule has 24 heavy (non-hydrogen) atoms. The van der Waals surface area contributed by atoms with Crippen LogP contribution in [0.1, 0.15) is 23.7 Å². The van der Waals surface area contributed by atoms with Crippen LogP contribution in [0, 0.1) is 0 Å². The topological polar surface area (TPSA) is 44.9 Å². The second kappa shape index (κ2) is 7.49. The molecular formula is C18H23N5S. The third kappa shape index (κ3) is 3.76. The smallest absolute Gasteiger partial charge is 0.194 e. The van der Waals surface area contributed by atoms with Gasteiger partial charge in [-0.25, -0.2) is 4.98 Å². The Hall–Kier alpha value is -2.34. The number of thiazole rings is 1. The Kier molecular flexibility index (Phi) is 5.15. The summed E-state index contributed by atoms with van der Waals surface area (Å²) in [5.41, 5.74) is 3.66. The summed E-state index contributed by atoms with van der Waals surface area (Å²) in [6, 6.07) is 8.76. The Morgan fingerprint density at radius 3 is 2.71 bits per heavy atom. The summed E-state index contributed by atoms with van der Waals surface area (Å²) in [6.07, 6.45) is 5.15. The van der Waals surface area contributed by atoms with Gasteiger partial charge in [-0.15, -0.1) is 11.3 Å². The molecule has 3 aromatic rings. The van der Waals surface area contributed by atoms with E-state index in [4.69, 9.17) is 0 Å². The summed E-state index contributed by atoms with van der Waals surface area (Å²) in [5.74, 6) is 0.867. The first kappa shape index (κ1) is 16.5. The highest BCUT2D eigenvalue weighted by atomic mass is 32.1. The minimum absolute atomic E-state index is 0.667. The van der Waals surface area contributed by atoms with Gasteiger partial charge in [0.15, 0.2) is 10.9 Å². The van der Waals surface area contributed by atoms with Crippen LogP contribution < -0.4 is 5.32 Å². The third-order valence-electron chi connectivity index (χ3n) is 4.00. The molecule has 0 aliphatic rings. The van der Waals surface area contributed by atoms with Gasteiger partial charge >= 0.3 is 0 Å². The third-order valence-corrected chi connectivity index (χ3v) is 4.77. The number of fused-ring (bicyclic) bond motifs is 1. The van der Waals surface area contributed by atoms with Gasteiger partial charge in [0, 0.05) is 38.4 Å². The summed E-state index contributed by atoms with van der Waals surface area (Å²) in [7, 11) is 3.86. The second-order valence-corrected chi connectivity index (χ2v) is 6.62. The first-order valence-corrected chi connectivity index (χ1v) is 8.98. The molecule has 0 fully saturated rings. The molecule has 2 aromatic heterocycles. The van der Waals surface area contributed by atoms with E-state index in [1.807, 2.05) is 23.0 Å². The molecule has 0 atom stereocenters. The lowest BCUT2D eigenvalue weighted by Gasteiger charge is -2.22. The van der Waals surface area contributed by atoms with Gasteiger partial charge in [0.1, 0.15) is 0 Å². The van der Waals surface area contributed by atoms with E-state index in [2.05, 4.69) is 64.6 Å². The van der Waals surface area contributed by atoms with Crippen LogP contribution in [-0.2, 0) is 19.5 Å². The van der Waals surface area contributed by atoms with Gasteiger partial charge in [-0.1, -0.05) is 31.2 Å². The molecule has 2 heterocycles. The number of aromatic nitrogens is 2. The average molecular weight is 341 g/mol. The van der Waals surface area contributed by atoms with Crippen molar-refractivity contribution in [2.75, 3.05) is 14.1 Å². The zero-order valence-corrected chi connectivity index (χ0v) is 15.2. The molecule has 0 bridgehead atoms. The summed E-state index contributed by atoms with van der Waals surface area (Å²) < 4.78 is 2.05. The molecule has 1 N–H and O–H groups in total. The van der Waals surface area contributed by atoms with E-state index in [0.29, 0.717) is 6.54 Å². The van der Waals surface area contributed by atoms with Gasteiger partial charge in [-0.3, -0.25) is 9.39 Å². The Labute approximate surface area is 146 Å². The van der Waals surface area contributed by atoms with E-state index >= 15 is 0 Å². The van der Waals surface area contributed by atoms with Crippen molar-refractivity contribution in [3.05, 3.63) is 58.9 Å². The quantitative estimate of drug-likeness (QED) is 0.573. The standard InChI is InChI=1S/C18H23N5S/c1-4-14-5-7-15(8-6-14)12-22(3)17(19-2)20-11-16-13-23-9-10-24-18(23)21-16/h5-10,13H,4,11-12H2,1-3H3,(H,19,20). The Morgan fingerprint density at radius 2 is 2.04 bits per heavy atom. The van der Waals surface area contributed by atoms with Crippen LogP contribution in [0.5, 0.6) is 0 Å². The molecule has 0 amide bonds. The van der Waals surface area contributed by atoms with Crippen LogP contribution in [0.3, 0.4) is 0 Å². The van der Waals surface area contributed by atoms with Crippen molar-refractivity contribution in [3.63, 3.8) is 0 Å². The van der Waals surface area contributed by atoms with Crippen LogP contribution in [-0.4, -0.2) is 34.3 Å². The monoisotopic (exact) mass is 341 g/mol. The lowest BCUT2D eigenvalue weighted by Crippen LogP contribution is -2.38. The van der Waals surface area contributed by atoms with Crippen LogP contribution in [0.15, 0.2) is 47.0 Å². The van der Waals surface area contributed by atoms with Crippen LogP contribution in [0.25, 0.3) is 4.96 Å². The molecule has 126 valence electrons. The fourth-order valence-electron chi connectivity index (χ4n) is 2.64. The van der Waals surface area contributed by atoms with Crippen molar-refractivity contribution in [2.24, 2.45) is 4.99 Å². The van der Waals surface area contributed by atoms with Crippen molar-refractivity contribution in [1.82, 2.24) is 19.6 Å². The van der Waals surface area contributed by atoms with E-state index in [-0.39, 0.29) is 0 Å². The summed E-state index contributed by atoms with van der Waals surface area (Å²) >= 11 is 1.64. The molecule has 5 nitrogen and oxygen atoms in total. The first-order valence-electron chi connectivity index (χ1n) is 8.10. The van der Waals surface area contributed by atoms with Gasteiger partial charge in [-0.05, 0) is 17.5 Å². The highest BCUT2D eigenvalue weighted by Crippen LogP contribution is 2.11. The molecule has 3 rings (SSSR count). The number of hydrogen-bond donors (Lipinski definition) is 1. The lowest BCUT2D eigenvalue weighted by molar-refractivity contribution is 0.476. The molecule has 0 unspecified atom stereocenters. The summed E-state index contributed by atoms with van der Waals surface area (Å²) in [6.45, 7) is 3.66. The van der Waals surface area contributed by atoms with Crippen LogP contribution in [0.4, 0.5) is 0 Å². The Bertz CT molecular complexity index is 787. The number of nitrogens with zero attached hydrogens (tertiary/aromatic N) is 4.